The molecule has 5 fully saturated rings. The molecule has 6 unspecified atom stereocenters. The molecule has 96 heavy (non-hydrogen) atoms. The van der Waals surface area contributed by atoms with Crippen LogP contribution < -0.4 is 21.7 Å². The Kier molecular flexibility index (Phi) is 29.9. The Bertz CT molecular complexity index is 3400. The summed E-state index contributed by atoms with van der Waals surface area (Å²) in [5, 5.41) is 75.8. The van der Waals surface area contributed by atoms with Gasteiger partial charge in [0, 0.05) is 24.9 Å². The second-order valence-electron chi connectivity index (χ2n) is 25.2. The molecule has 1 aromatic carbocycles. The number of likely N-dealkylation sites (tertiary alicyclic amines) is 2. The Morgan fingerprint density at radius 1 is 0.698 bits per heavy atom. The summed E-state index contributed by atoms with van der Waals surface area (Å²) in [4.78, 5) is 68.4. The van der Waals surface area contributed by atoms with Crippen molar-refractivity contribution in [3.8, 4) is 0 Å². The molecule has 0 aliphatic carbocycles. The molecule has 6 aliphatic heterocycles. The number of halogens is 2. The number of aliphatic carboxylic acids is 1. The number of benzene rings is 1. The predicted molar refractivity (Wildman–Crippen MR) is 359 cm³/mol. The third-order valence-corrected chi connectivity index (χ3v) is 17.1. The van der Waals surface area contributed by atoms with E-state index >= 15 is 0 Å². The minimum absolute atomic E-state index is 0.0833. The van der Waals surface area contributed by atoms with Crippen LogP contribution in [0.5, 0.6) is 0 Å². The minimum atomic E-state index is -0.953. The van der Waals surface area contributed by atoms with E-state index in [-0.39, 0.29) is 41.6 Å². The number of carbonyl (C=O) groups excluding carboxylic acids is 3. The highest BCUT2D eigenvalue weighted by molar-refractivity contribution is 6.46. The van der Waals surface area contributed by atoms with Crippen LogP contribution in [0.25, 0.3) is 0 Å². The average molecular weight is 1380 g/mol. The molecule has 10 N–H and O–H groups in total. The predicted octanol–water partition coefficient (Wildman–Crippen LogP) is 8.62. The number of hydrogen-bond donors (Lipinski definition) is 9. The van der Waals surface area contributed by atoms with E-state index in [1.165, 1.54) is 31.6 Å². The third kappa shape index (κ3) is 22.4. The number of nitrogens with two attached hydrogens (primary N) is 1. The van der Waals surface area contributed by atoms with Gasteiger partial charge in [-0.2, -0.15) is 20.1 Å². The van der Waals surface area contributed by atoms with E-state index < -0.39 is 43.8 Å². The largest absolute Gasteiger partial charge is 0.480 e. The molecule has 0 saturated carbocycles. The first-order valence-electron chi connectivity index (χ1n) is 32.6. The summed E-state index contributed by atoms with van der Waals surface area (Å²) in [5.74, 6) is 3.67. The summed E-state index contributed by atoms with van der Waals surface area (Å²) in [7, 11) is -1.09. The molecule has 5 saturated heterocycles. The normalized spacial score (nSPS) is 21.6. The number of carboxylic acids is 1. The molecular weight excluding hydrogens is 1290 g/mol. The smallest absolute Gasteiger partial charge is 0.411 e. The molecule has 5 aromatic rings. The van der Waals surface area contributed by atoms with E-state index in [0.29, 0.717) is 71.1 Å². The summed E-state index contributed by atoms with van der Waals surface area (Å²) >= 11 is 12.5. The van der Waals surface area contributed by atoms with Crippen molar-refractivity contribution in [2.24, 2.45) is 16.0 Å². The van der Waals surface area contributed by atoms with Crippen LogP contribution in [-0.4, -0.2) is 185 Å². The molecule has 0 radical (unpaired) electrons. The van der Waals surface area contributed by atoms with E-state index in [1.807, 2.05) is 42.6 Å². The fourth-order valence-electron chi connectivity index (χ4n) is 11.8. The van der Waals surface area contributed by atoms with Gasteiger partial charge in [0.15, 0.2) is 17.5 Å². The number of carboxylic acid groups (broad SMARTS) is 1. The SMILES string of the molecule is C/C(N)=N\O.CB(O)N1CCCCC1C(=O)N/C(C)=N/O.CB(O)N1CCCCC1c1nc(C)no1.CC(C)(C)OC(=O)N1CCCCC1C(=O)O.CC1=C(C(=O)N2CCCCC2c2nc(C)no2)C(c2ccc(Cl)c(Cl)c2)n2nccc2N1.Cc1noc(C2CCCCN2)n1. The minimum Gasteiger partial charge on any atom is -0.480 e. The Balaban J connectivity index is 0.000000196. The van der Waals surface area contributed by atoms with Crippen molar-refractivity contribution in [2.45, 2.75) is 214 Å². The average Bonchev–Trinajstić information content (AvgIpc) is 1.34. The number of allylic oxidation sites excluding steroid dienone is 1. The number of aromatic nitrogens is 8. The maximum atomic E-state index is 14.1. The van der Waals surface area contributed by atoms with Gasteiger partial charge in [0.2, 0.25) is 23.6 Å². The Labute approximate surface area is 570 Å². The van der Waals surface area contributed by atoms with Gasteiger partial charge in [-0.15, -0.1) is 0 Å². The Hall–Kier alpha value is -7.68. The van der Waals surface area contributed by atoms with Crippen LogP contribution in [-0.2, 0) is 19.1 Å². The van der Waals surface area contributed by atoms with Crippen LogP contribution in [0.2, 0.25) is 23.7 Å². The fraction of sp³-hybridized carbons (Fsp3) is 0.623. The number of anilines is 1. The van der Waals surface area contributed by atoms with Gasteiger partial charge in [-0.05, 0) is 190 Å². The van der Waals surface area contributed by atoms with Gasteiger partial charge in [0.05, 0.1) is 39.9 Å². The first-order valence-corrected chi connectivity index (χ1v) is 33.3. The summed E-state index contributed by atoms with van der Waals surface area (Å²) in [6.07, 6.45) is 15.6. The van der Waals surface area contributed by atoms with Crippen molar-refractivity contribution in [1.29, 1.82) is 0 Å². The molecule has 526 valence electrons. The maximum Gasteiger partial charge on any atom is 0.411 e. The zero-order chi connectivity index (χ0) is 70.4. The number of amidine groups is 2. The standard InChI is InChI=1S/C22H22Cl2N6O2.C11H19NO4.C9H18BN3O3.C9H16BN3O2.C8H13N3O.C2H6N2O/c1-12-19(22(31)29-10-4-3-5-17(29)21-27-13(2)28-32-21)20(30-18(26-12)8-9-25-30)14-6-7-15(23)16(24)11-14;1-11(2,3)16-10(15)12-7-5-4-6-8(12)9(13)14;1-7(12-16)11-9(14)8-5-3-4-6-13(8)10(2)15;1-7-11-9(15-12-7)8-5-3-4-6-13(8)10(2)14;1-6-10-8(12-11-6)7-4-2-3-5-9-7;1-2(3)4-5/h6-9,11,17,20,26H,3-5,10H2,1-2H3;8H,4-7H2,1-3H3,(H,13,14);8,15-16H,3-6H2,1-2H3,(H,11,12,14);8,14H,3-6H2,1-2H3;7,9H,2-5H2,1H3;5H,1H3,(H2,3,4). The number of oxime groups is 2. The van der Waals surface area contributed by atoms with Crippen molar-refractivity contribution < 1.29 is 63.1 Å². The van der Waals surface area contributed by atoms with Gasteiger partial charge in [0.25, 0.3) is 5.91 Å². The number of rotatable bonds is 9. The molecule has 4 aromatic heterocycles. The van der Waals surface area contributed by atoms with Crippen LogP contribution in [0.1, 0.15) is 203 Å². The number of fused-ring (bicyclic) bond motifs is 1. The lowest BCUT2D eigenvalue weighted by molar-refractivity contribution is -0.144. The van der Waals surface area contributed by atoms with E-state index in [9.17, 15) is 29.2 Å². The molecule has 6 aliphatic rings. The van der Waals surface area contributed by atoms with Gasteiger partial charge in [-0.25, -0.2) is 14.3 Å². The van der Waals surface area contributed by atoms with Gasteiger partial charge in [-0.1, -0.05) is 74.3 Å². The van der Waals surface area contributed by atoms with Crippen molar-refractivity contribution in [2.75, 3.05) is 38.0 Å². The lowest BCUT2D eigenvalue weighted by Gasteiger charge is -2.37. The molecule has 0 spiro atoms. The van der Waals surface area contributed by atoms with Crippen LogP contribution in [0, 0.1) is 20.8 Å². The van der Waals surface area contributed by atoms with Crippen LogP contribution in [0.15, 0.2) is 65.6 Å². The van der Waals surface area contributed by atoms with E-state index in [0.717, 1.165) is 119 Å². The summed E-state index contributed by atoms with van der Waals surface area (Å²) in [5.41, 5.74) is 6.40. The highest BCUT2D eigenvalue weighted by atomic mass is 35.5. The molecule has 3 amide bonds. The Morgan fingerprint density at radius 2 is 1.23 bits per heavy atom. The summed E-state index contributed by atoms with van der Waals surface area (Å²) < 4.78 is 22.7. The van der Waals surface area contributed by atoms with Gasteiger partial charge in [-0.3, -0.25) is 14.5 Å². The number of hydrogen-bond acceptors (Lipinski definition) is 25. The van der Waals surface area contributed by atoms with Gasteiger partial charge < -0.3 is 80.1 Å². The van der Waals surface area contributed by atoms with Crippen molar-refractivity contribution >= 4 is 78.7 Å². The zero-order valence-electron chi connectivity index (χ0n) is 56.7. The number of amides is 3. The summed E-state index contributed by atoms with van der Waals surface area (Å²) in [6, 6.07) is 5.88. The molecular formula is C61H94B2Cl2N18O13. The first-order chi connectivity index (χ1) is 45.6. The molecule has 6 atom stereocenters. The lowest BCUT2D eigenvalue weighted by Crippen LogP contribution is -2.55. The van der Waals surface area contributed by atoms with Crippen LogP contribution >= 0.6 is 23.2 Å². The van der Waals surface area contributed by atoms with E-state index in [1.54, 1.807) is 69.2 Å². The first kappa shape index (κ1) is 77.3. The van der Waals surface area contributed by atoms with Gasteiger partial charge in [0.1, 0.15) is 41.2 Å². The second-order valence-corrected chi connectivity index (χ2v) is 26.0. The lowest BCUT2D eigenvalue weighted by atomic mass is 9.79. The van der Waals surface area contributed by atoms with Crippen molar-refractivity contribution in [1.82, 2.24) is 70.3 Å². The highest BCUT2D eigenvalue weighted by Gasteiger charge is 2.41. The van der Waals surface area contributed by atoms with Crippen molar-refractivity contribution in [3.05, 3.63) is 92.5 Å². The molecule has 11 rings (SSSR count). The maximum absolute atomic E-state index is 14.1. The number of carbonyl (C=O) groups is 4. The number of piperidine rings is 5. The molecule has 35 heteroatoms. The molecule has 10 heterocycles. The van der Waals surface area contributed by atoms with Crippen molar-refractivity contribution in [3.63, 3.8) is 0 Å². The molecule has 31 nitrogen and oxygen atoms in total. The number of nitrogens with zero attached hydrogens (tertiary/aromatic N) is 14. The quantitative estimate of drug-likeness (QED) is 0.0219. The Morgan fingerprint density at radius 3 is 1.75 bits per heavy atom. The van der Waals surface area contributed by atoms with Gasteiger partial charge >= 0.3 is 26.2 Å². The zero-order valence-corrected chi connectivity index (χ0v) is 58.3. The fourth-order valence-corrected chi connectivity index (χ4v) is 12.1. The monoisotopic (exact) mass is 1380 g/mol. The third-order valence-electron chi connectivity index (χ3n) is 16.3. The van der Waals surface area contributed by atoms with Crippen LogP contribution in [0.3, 0.4) is 0 Å². The topological polar surface area (TPSA) is 413 Å². The summed E-state index contributed by atoms with van der Waals surface area (Å²) in [6.45, 7) is 22.8. The number of nitrogens with one attached hydrogen (secondary N) is 3. The van der Waals surface area contributed by atoms with Crippen LogP contribution in [0.4, 0.5) is 10.6 Å². The number of ether oxygens (including phenoxy) is 1. The highest BCUT2D eigenvalue weighted by Crippen LogP contribution is 2.41. The number of aryl methyl sites for hydroxylation is 3. The van der Waals surface area contributed by atoms with E-state index in [2.05, 4.69) is 61.8 Å². The molecule has 0 bridgehead atoms. The second kappa shape index (κ2) is 37.2. The van der Waals surface area contributed by atoms with E-state index in [4.69, 9.17) is 62.8 Å².